The van der Waals surface area contributed by atoms with Crippen LogP contribution in [0.3, 0.4) is 0 Å². The van der Waals surface area contributed by atoms with E-state index in [0.717, 1.165) is 6.42 Å². The molecule has 0 saturated heterocycles. The monoisotopic (exact) mass is 254 g/mol. The summed E-state index contributed by atoms with van der Waals surface area (Å²) < 4.78 is 18.3. The normalized spacial score (nSPS) is 10.1. The first-order valence-corrected chi connectivity index (χ1v) is 6.30. The molecule has 0 aliphatic carbocycles. The predicted octanol–water partition coefficient (Wildman–Crippen LogP) is 1.63. The minimum Gasteiger partial charge on any atom is -0.462 e. The molecule has 0 unspecified atom stereocenters. The standard InChI is InChI=1S/C7H12O2.C2H7O4P/c1-4-5-9-7(8)6(2)3;1-2-6-7(3,4)5/h2,4-5H2,1,3H3;2H2,1H3,(H2,3,4,5). The molecule has 16 heavy (non-hydrogen) atoms. The Labute approximate surface area is 95.5 Å². The number of phosphoric ester groups is 1. The Hall–Kier alpha value is -0.680. The van der Waals surface area contributed by atoms with Crippen molar-refractivity contribution in [2.75, 3.05) is 13.2 Å². The fourth-order valence-corrected chi connectivity index (χ4v) is 0.822. The van der Waals surface area contributed by atoms with Crippen molar-refractivity contribution in [3.63, 3.8) is 0 Å². The maximum atomic E-state index is 10.6. The van der Waals surface area contributed by atoms with Gasteiger partial charge in [-0.1, -0.05) is 13.5 Å². The lowest BCUT2D eigenvalue weighted by molar-refractivity contribution is -0.138. The maximum absolute atomic E-state index is 10.6. The van der Waals surface area contributed by atoms with Gasteiger partial charge in [-0.2, -0.15) is 0 Å². The first kappa shape index (κ1) is 17.7. The van der Waals surface area contributed by atoms with Gasteiger partial charge in [-0.25, -0.2) is 9.36 Å². The lowest BCUT2D eigenvalue weighted by Crippen LogP contribution is -2.04. The number of phosphoric acid groups is 1. The molecule has 0 atom stereocenters. The molecule has 0 rings (SSSR count). The van der Waals surface area contributed by atoms with Crippen molar-refractivity contribution in [1.82, 2.24) is 0 Å². The van der Waals surface area contributed by atoms with E-state index < -0.39 is 7.82 Å². The second-order valence-corrected chi connectivity index (χ2v) is 4.06. The smallest absolute Gasteiger partial charge is 0.462 e. The highest BCUT2D eigenvalue weighted by Gasteiger charge is 2.10. The van der Waals surface area contributed by atoms with Gasteiger partial charge in [-0.05, 0) is 20.3 Å². The van der Waals surface area contributed by atoms with Gasteiger partial charge in [0.05, 0.1) is 13.2 Å². The quantitative estimate of drug-likeness (QED) is 0.440. The lowest BCUT2D eigenvalue weighted by atomic mass is 10.4. The highest BCUT2D eigenvalue weighted by molar-refractivity contribution is 7.46. The average molecular weight is 254 g/mol. The van der Waals surface area contributed by atoms with Crippen molar-refractivity contribution in [3.8, 4) is 0 Å². The SMILES string of the molecule is C=C(C)C(=O)OCCC.CCOP(=O)(O)O. The van der Waals surface area contributed by atoms with E-state index in [-0.39, 0.29) is 12.6 Å². The van der Waals surface area contributed by atoms with E-state index >= 15 is 0 Å². The highest BCUT2D eigenvalue weighted by atomic mass is 31.2. The third kappa shape index (κ3) is 15.8. The zero-order chi connectivity index (χ0) is 13.2. The van der Waals surface area contributed by atoms with Gasteiger partial charge in [0.2, 0.25) is 0 Å². The Bertz CT molecular complexity index is 257. The minimum absolute atomic E-state index is 0.0459. The maximum Gasteiger partial charge on any atom is 0.469 e. The third-order valence-corrected chi connectivity index (χ3v) is 1.68. The molecule has 7 heteroatoms. The topological polar surface area (TPSA) is 93.1 Å². The summed E-state index contributed by atoms with van der Waals surface area (Å²) in [4.78, 5) is 26.4. The Morgan fingerprint density at radius 3 is 2.06 bits per heavy atom. The molecule has 6 nitrogen and oxygen atoms in total. The van der Waals surface area contributed by atoms with Crippen LogP contribution in [0.1, 0.15) is 27.2 Å². The van der Waals surface area contributed by atoms with Crippen molar-refractivity contribution in [2.24, 2.45) is 0 Å². The number of ether oxygens (including phenoxy) is 1. The summed E-state index contributed by atoms with van der Waals surface area (Å²) in [6, 6.07) is 0. The molecule has 0 bridgehead atoms. The first-order chi connectivity index (χ1) is 7.24. The van der Waals surface area contributed by atoms with Crippen LogP contribution in [0, 0.1) is 0 Å². The summed E-state index contributed by atoms with van der Waals surface area (Å²) in [6.45, 7) is 9.07. The van der Waals surface area contributed by atoms with Crippen LogP contribution < -0.4 is 0 Å². The molecule has 96 valence electrons. The van der Waals surface area contributed by atoms with Crippen LogP contribution >= 0.6 is 7.82 Å². The molecule has 0 aliphatic heterocycles. The molecule has 0 aromatic heterocycles. The Morgan fingerprint density at radius 1 is 1.38 bits per heavy atom. The molecule has 0 heterocycles. The van der Waals surface area contributed by atoms with E-state index in [4.69, 9.17) is 14.5 Å². The molecule has 0 radical (unpaired) electrons. The summed E-state index contributed by atoms with van der Waals surface area (Å²) in [6.07, 6.45) is 0.860. The second-order valence-electron chi connectivity index (χ2n) is 2.82. The summed E-state index contributed by atoms with van der Waals surface area (Å²) in [7, 11) is -4.17. The molecule has 0 fully saturated rings. The highest BCUT2D eigenvalue weighted by Crippen LogP contribution is 2.34. The fraction of sp³-hybridized carbons (Fsp3) is 0.667. The molecular formula is C9H19O6P. The van der Waals surface area contributed by atoms with Gasteiger partial charge in [-0.3, -0.25) is 4.52 Å². The number of esters is 1. The summed E-state index contributed by atoms with van der Waals surface area (Å²) in [5.41, 5.74) is 0.462. The Balaban J connectivity index is 0. The van der Waals surface area contributed by atoms with Crippen LogP contribution in [0.2, 0.25) is 0 Å². The van der Waals surface area contributed by atoms with E-state index in [9.17, 15) is 9.36 Å². The average Bonchev–Trinajstić information content (AvgIpc) is 2.13. The van der Waals surface area contributed by atoms with Crippen molar-refractivity contribution in [1.29, 1.82) is 0 Å². The fourth-order valence-electron chi connectivity index (χ4n) is 0.486. The van der Waals surface area contributed by atoms with E-state index in [1.165, 1.54) is 6.92 Å². The number of hydrogen-bond acceptors (Lipinski definition) is 4. The molecular weight excluding hydrogens is 235 g/mol. The van der Waals surface area contributed by atoms with E-state index in [1.807, 2.05) is 6.92 Å². The van der Waals surface area contributed by atoms with Gasteiger partial charge in [0.15, 0.2) is 0 Å². The molecule has 0 aliphatic rings. The number of hydrogen-bond donors (Lipinski definition) is 2. The second kappa shape index (κ2) is 9.54. The minimum atomic E-state index is -4.17. The predicted molar refractivity (Wildman–Crippen MR) is 59.7 cm³/mol. The van der Waals surface area contributed by atoms with Crippen molar-refractivity contribution in [3.05, 3.63) is 12.2 Å². The zero-order valence-corrected chi connectivity index (χ0v) is 10.7. The van der Waals surface area contributed by atoms with Crippen molar-refractivity contribution < 1.29 is 28.4 Å². The van der Waals surface area contributed by atoms with Crippen LogP contribution in [-0.4, -0.2) is 29.0 Å². The Morgan fingerprint density at radius 2 is 1.88 bits per heavy atom. The Kier molecular flexibility index (Phi) is 10.6. The van der Waals surface area contributed by atoms with Crippen LogP contribution in [-0.2, 0) is 18.6 Å². The number of rotatable bonds is 5. The van der Waals surface area contributed by atoms with Crippen LogP contribution in [0.15, 0.2) is 12.2 Å². The van der Waals surface area contributed by atoms with Gasteiger partial charge in [-0.15, -0.1) is 0 Å². The molecule has 0 aromatic carbocycles. The van der Waals surface area contributed by atoms with Gasteiger partial charge < -0.3 is 14.5 Å². The zero-order valence-electron chi connectivity index (χ0n) is 9.80. The summed E-state index contributed by atoms with van der Waals surface area (Å²) in [5.74, 6) is -0.295. The van der Waals surface area contributed by atoms with Crippen molar-refractivity contribution >= 4 is 13.8 Å². The summed E-state index contributed by atoms with van der Waals surface area (Å²) >= 11 is 0. The van der Waals surface area contributed by atoms with Gasteiger partial charge >= 0.3 is 13.8 Å². The number of carbonyl (C=O) groups is 1. The summed E-state index contributed by atoms with van der Waals surface area (Å²) in [5, 5.41) is 0. The van der Waals surface area contributed by atoms with Crippen LogP contribution in [0.4, 0.5) is 0 Å². The van der Waals surface area contributed by atoms with E-state index in [2.05, 4.69) is 11.1 Å². The van der Waals surface area contributed by atoms with Gasteiger partial charge in [0.25, 0.3) is 0 Å². The van der Waals surface area contributed by atoms with Crippen LogP contribution in [0.25, 0.3) is 0 Å². The van der Waals surface area contributed by atoms with Crippen LogP contribution in [0.5, 0.6) is 0 Å². The lowest BCUT2D eigenvalue weighted by Gasteiger charge is -1.99. The molecule has 0 saturated carbocycles. The van der Waals surface area contributed by atoms with Gasteiger partial charge in [0.1, 0.15) is 0 Å². The van der Waals surface area contributed by atoms with Gasteiger partial charge in [0, 0.05) is 5.57 Å². The number of carbonyl (C=O) groups excluding carboxylic acids is 1. The van der Waals surface area contributed by atoms with E-state index in [1.54, 1.807) is 6.92 Å². The molecule has 0 spiro atoms. The third-order valence-electron chi connectivity index (χ3n) is 1.08. The molecule has 0 aromatic rings. The molecule has 0 amide bonds. The first-order valence-electron chi connectivity index (χ1n) is 4.77. The largest absolute Gasteiger partial charge is 0.469 e. The molecule has 2 N–H and O–H groups in total. The van der Waals surface area contributed by atoms with Crippen molar-refractivity contribution in [2.45, 2.75) is 27.2 Å². The van der Waals surface area contributed by atoms with E-state index in [0.29, 0.717) is 12.2 Å².